The van der Waals surface area contributed by atoms with Crippen LogP contribution < -0.4 is 10.6 Å². The Hall–Kier alpha value is -4.00. The zero-order valence-corrected chi connectivity index (χ0v) is 17.7. The molecule has 2 aromatic carbocycles. The Morgan fingerprint density at radius 2 is 1.66 bits per heavy atom. The minimum Gasteiger partial charge on any atom is -0.342 e. The molecule has 0 bridgehead atoms. The first-order valence-corrected chi connectivity index (χ1v) is 10.5. The van der Waals surface area contributed by atoms with Crippen LogP contribution in [-0.2, 0) is 15.1 Å². The summed E-state index contributed by atoms with van der Waals surface area (Å²) in [5.74, 6) is -0.881. The van der Waals surface area contributed by atoms with Gasteiger partial charge in [0.1, 0.15) is 12.1 Å². The molecule has 0 aliphatic carbocycles. The summed E-state index contributed by atoms with van der Waals surface area (Å²) in [6.07, 6.45) is 2.03. The molecule has 0 saturated carbocycles. The fourth-order valence-electron chi connectivity index (χ4n) is 4.00. The van der Waals surface area contributed by atoms with Crippen molar-refractivity contribution in [2.75, 3.05) is 6.54 Å². The fraction of sp³-hybridized carbons (Fsp3) is 0.200. The second-order valence-electron chi connectivity index (χ2n) is 7.61. The van der Waals surface area contributed by atoms with E-state index in [0.29, 0.717) is 17.7 Å². The normalized spacial score (nSPS) is 18.8. The van der Waals surface area contributed by atoms with E-state index >= 15 is 0 Å². The third-order valence-corrected chi connectivity index (χ3v) is 5.70. The lowest BCUT2D eigenvalue weighted by Crippen LogP contribution is -2.45. The van der Waals surface area contributed by atoms with Gasteiger partial charge in [0, 0.05) is 6.20 Å². The van der Waals surface area contributed by atoms with E-state index in [-0.39, 0.29) is 6.54 Å². The number of hydrogen-bond donors (Lipinski definition) is 2. The number of aromatic nitrogens is 1. The van der Waals surface area contributed by atoms with E-state index < -0.39 is 29.4 Å². The highest BCUT2D eigenvalue weighted by atomic mass is 16.2. The molecule has 2 N–H and O–H groups in total. The van der Waals surface area contributed by atoms with Crippen molar-refractivity contribution in [3.8, 4) is 0 Å². The van der Waals surface area contributed by atoms with Crippen molar-refractivity contribution >= 4 is 17.8 Å². The maximum atomic E-state index is 13.3. The molecule has 7 heteroatoms. The zero-order valence-electron chi connectivity index (χ0n) is 17.7. The number of nitrogens with zero attached hydrogens (tertiary/aromatic N) is 2. The van der Waals surface area contributed by atoms with Crippen molar-refractivity contribution in [1.29, 1.82) is 0 Å². The number of carbonyl (C=O) groups excluding carboxylic acids is 3. The average molecular weight is 428 g/mol. The van der Waals surface area contributed by atoms with Crippen LogP contribution in [0.25, 0.3) is 0 Å². The molecule has 0 radical (unpaired) electrons. The molecule has 1 saturated heterocycles. The topological polar surface area (TPSA) is 91.4 Å². The number of pyridine rings is 1. The molecule has 7 nitrogen and oxygen atoms in total. The van der Waals surface area contributed by atoms with E-state index in [1.54, 1.807) is 24.4 Å². The van der Waals surface area contributed by atoms with Crippen LogP contribution in [0.2, 0.25) is 0 Å². The lowest BCUT2D eigenvalue weighted by molar-refractivity contribution is -0.135. The predicted molar refractivity (Wildman–Crippen MR) is 119 cm³/mol. The summed E-state index contributed by atoms with van der Waals surface area (Å²) in [7, 11) is 0. The van der Waals surface area contributed by atoms with Crippen molar-refractivity contribution in [1.82, 2.24) is 20.5 Å². The van der Waals surface area contributed by atoms with E-state index in [4.69, 9.17) is 0 Å². The number of imide groups is 1. The zero-order chi connectivity index (χ0) is 22.6. The van der Waals surface area contributed by atoms with Gasteiger partial charge in [0.15, 0.2) is 0 Å². The molecule has 3 aromatic rings. The first kappa shape index (κ1) is 21.2. The lowest BCUT2D eigenvalue weighted by atomic mass is 9.87. The van der Waals surface area contributed by atoms with Gasteiger partial charge in [-0.05, 0) is 29.7 Å². The monoisotopic (exact) mass is 428 g/mol. The molecule has 32 heavy (non-hydrogen) atoms. The number of benzene rings is 2. The molecule has 2 atom stereocenters. The second-order valence-corrected chi connectivity index (χ2v) is 7.61. The van der Waals surface area contributed by atoms with Crippen molar-refractivity contribution < 1.29 is 14.4 Å². The van der Waals surface area contributed by atoms with Gasteiger partial charge in [-0.25, -0.2) is 4.79 Å². The Labute approximate surface area is 186 Å². The second kappa shape index (κ2) is 9.01. The van der Waals surface area contributed by atoms with Gasteiger partial charge in [0.25, 0.3) is 5.91 Å². The smallest absolute Gasteiger partial charge is 0.325 e. The predicted octanol–water partition coefficient (Wildman–Crippen LogP) is 3.14. The minimum absolute atomic E-state index is 0.375. The summed E-state index contributed by atoms with van der Waals surface area (Å²) in [6, 6.07) is 22.9. The Bertz CT molecular complexity index is 1070. The highest BCUT2D eigenvalue weighted by Crippen LogP contribution is 2.32. The SMILES string of the molecule is CCC1(c2ccccc2)NC(=O)N(CC(=O)NC(c2ccccc2)c2ccccn2)C1=O. The lowest BCUT2D eigenvalue weighted by Gasteiger charge is -2.26. The summed E-state index contributed by atoms with van der Waals surface area (Å²) in [4.78, 5) is 44.3. The van der Waals surface area contributed by atoms with E-state index in [0.717, 1.165) is 10.5 Å². The third kappa shape index (κ3) is 3.97. The standard InChI is InChI=1S/C25H24N4O3/c1-2-25(19-13-7-4-8-14-19)23(31)29(24(32)28-25)17-21(30)27-22(18-11-5-3-6-12-18)20-15-9-10-16-26-20/h3-16,22H,2,17H2,1H3,(H,27,30)(H,28,32). The molecular weight excluding hydrogens is 404 g/mol. The molecular formula is C25H24N4O3. The Kier molecular flexibility index (Phi) is 5.98. The molecule has 1 fully saturated rings. The molecule has 2 heterocycles. The van der Waals surface area contributed by atoms with Crippen LogP contribution in [0.3, 0.4) is 0 Å². The number of amides is 4. The van der Waals surface area contributed by atoms with Gasteiger partial charge < -0.3 is 10.6 Å². The Morgan fingerprint density at radius 3 is 2.28 bits per heavy atom. The van der Waals surface area contributed by atoms with Gasteiger partial charge in [-0.3, -0.25) is 19.5 Å². The first-order valence-electron chi connectivity index (χ1n) is 10.5. The molecule has 0 spiro atoms. The minimum atomic E-state index is -1.17. The summed E-state index contributed by atoms with van der Waals surface area (Å²) in [5, 5.41) is 5.73. The van der Waals surface area contributed by atoms with Crippen LogP contribution in [-0.4, -0.2) is 34.3 Å². The fourth-order valence-corrected chi connectivity index (χ4v) is 4.00. The van der Waals surface area contributed by atoms with Gasteiger partial charge in [-0.2, -0.15) is 0 Å². The number of rotatable bonds is 7. The van der Waals surface area contributed by atoms with Crippen LogP contribution in [0.15, 0.2) is 85.1 Å². The van der Waals surface area contributed by atoms with Crippen molar-refractivity contribution in [3.63, 3.8) is 0 Å². The van der Waals surface area contributed by atoms with Crippen molar-refractivity contribution in [2.45, 2.75) is 24.9 Å². The van der Waals surface area contributed by atoms with Crippen LogP contribution in [0.4, 0.5) is 4.79 Å². The molecule has 1 aromatic heterocycles. The molecule has 4 rings (SSSR count). The Morgan fingerprint density at radius 1 is 1.00 bits per heavy atom. The Balaban J connectivity index is 1.55. The largest absolute Gasteiger partial charge is 0.342 e. The number of urea groups is 1. The van der Waals surface area contributed by atoms with Crippen LogP contribution in [0.5, 0.6) is 0 Å². The average Bonchev–Trinajstić information content (AvgIpc) is 3.09. The summed E-state index contributed by atoms with van der Waals surface area (Å²) in [5.41, 5.74) is 1.04. The van der Waals surface area contributed by atoms with Gasteiger partial charge in [0.2, 0.25) is 5.91 Å². The molecule has 4 amide bonds. The van der Waals surface area contributed by atoms with Gasteiger partial charge in [-0.15, -0.1) is 0 Å². The summed E-state index contributed by atoms with van der Waals surface area (Å²) in [6.45, 7) is 1.46. The van der Waals surface area contributed by atoms with Crippen molar-refractivity contribution in [2.24, 2.45) is 0 Å². The molecule has 2 unspecified atom stereocenters. The van der Waals surface area contributed by atoms with Gasteiger partial charge >= 0.3 is 6.03 Å². The van der Waals surface area contributed by atoms with E-state index in [9.17, 15) is 14.4 Å². The number of nitrogens with one attached hydrogen (secondary N) is 2. The summed E-state index contributed by atoms with van der Waals surface area (Å²) >= 11 is 0. The van der Waals surface area contributed by atoms with E-state index in [2.05, 4.69) is 15.6 Å². The van der Waals surface area contributed by atoms with Crippen LogP contribution in [0, 0.1) is 0 Å². The van der Waals surface area contributed by atoms with E-state index in [1.165, 1.54) is 0 Å². The number of hydrogen-bond acceptors (Lipinski definition) is 4. The van der Waals surface area contributed by atoms with Crippen LogP contribution in [0.1, 0.15) is 36.2 Å². The summed E-state index contributed by atoms with van der Waals surface area (Å²) < 4.78 is 0. The first-order chi connectivity index (χ1) is 15.5. The highest BCUT2D eigenvalue weighted by molar-refractivity contribution is 6.09. The van der Waals surface area contributed by atoms with Crippen LogP contribution >= 0.6 is 0 Å². The maximum absolute atomic E-state index is 13.3. The maximum Gasteiger partial charge on any atom is 0.325 e. The molecule has 1 aliphatic rings. The molecule has 1 aliphatic heterocycles. The quantitative estimate of drug-likeness (QED) is 0.566. The third-order valence-electron chi connectivity index (χ3n) is 5.70. The highest BCUT2D eigenvalue weighted by Gasteiger charge is 2.51. The van der Waals surface area contributed by atoms with Gasteiger partial charge in [0.05, 0.1) is 11.7 Å². The van der Waals surface area contributed by atoms with E-state index in [1.807, 2.05) is 67.6 Å². The van der Waals surface area contributed by atoms with Crippen molar-refractivity contribution in [3.05, 3.63) is 102 Å². The number of carbonyl (C=O) groups is 3. The van der Waals surface area contributed by atoms with Gasteiger partial charge in [-0.1, -0.05) is 73.7 Å². The molecule has 162 valence electrons.